The predicted molar refractivity (Wildman–Crippen MR) is 83.0 cm³/mol. The van der Waals surface area contributed by atoms with Crippen molar-refractivity contribution in [1.29, 1.82) is 0 Å². The summed E-state index contributed by atoms with van der Waals surface area (Å²) in [6, 6.07) is 9.82. The van der Waals surface area contributed by atoms with E-state index in [2.05, 4.69) is 15.6 Å². The molecule has 1 unspecified atom stereocenters. The van der Waals surface area contributed by atoms with Gasteiger partial charge in [-0.25, -0.2) is 0 Å². The van der Waals surface area contributed by atoms with Gasteiger partial charge in [-0.2, -0.15) is 0 Å². The highest BCUT2D eigenvalue weighted by Crippen LogP contribution is 2.58. The quantitative estimate of drug-likeness (QED) is 0.889. The molecule has 2 aromatic rings. The van der Waals surface area contributed by atoms with E-state index in [1.165, 1.54) is 0 Å². The van der Waals surface area contributed by atoms with E-state index in [4.69, 9.17) is 0 Å². The summed E-state index contributed by atoms with van der Waals surface area (Å²) in [4.78, 5) is 16.7. The summed E-state index contributed by atoms with van der Waals surface area (Å²) in [5.74, 6) is 0.379. The van der Waals surface area contributed by atoms with Crippen molar-refractivity contribution >= 4 is 22.5 Å². The van der Waals surface area contributed by atoms with Crippen LogP contribution in [0, 0.1) is 11.3 Å². The van der Waals surface area contributed by atoms with Crippen LogP contribution in [0.5, 0.6) is 0 Å². The number of hydrogen-bond donors (Lipinski definition) is 2. The topological polar surface area (TPSA) is 54.0 Å². The van der Waals surface area contributed by atoms with Gasteiger partial charge in [-0.15, -0.1) is 0 Å². The Bertz CT molecular complexity index is 691. The molecule has 1 saturated heterocycles. The molecule has 108 valence electrons. The molecule has 1 aliphatic carbocycles. The van der Waals surface area contributed by atoms with Crippen molar-refractivity contribution in [3.8, 4) is 0 Å². The molecule has 1 aromatic heterocycles. The van der Waals surface area contributed by atoms with Gasteiger partial charge in [-0.1, -0.05) is 6.07 Å². The van der Waals surface area contributed by atoms with E-state index in [9.17, 15) is 4.79 Å². The Hall–Kier alpha value is -1.94. The summed E-state index contributed by atoms with van der Waals surface area (Å²) < 4.78 is 0. The Morgan fingerprint density at radius 1 is 1.29 bits per heavy atom. The summed E-state index contributed by atoms with van der Waals surface area (Å²) in [6.45, 7) is 2.09. The van der Waals surface area contributed by atoms with Crippen molar-refractivity contribution in [2.45, 2.75) is 19.3 Å². The Morgan fingerprint density at radius 2 is 2.14 bits per heavy atom. The molecule has 4 rings (SSSR count). The van der Waals surface area contributed by atoms with Crippen molar-refractivity contribution in [1.82, 2.24) is 10.3 Å². The second-order valence-electron chi connectivity index (χ2n) is 6.27. The number of carbonyl (C=O) groups excluding carboxylic acids is 1. The number of benzene rings is 1. The van der Waals surface area contributed by atoms with Gasteiger partial charge in [-0.05, 0) is 62.0 Å². The Kier molecular flexibility index (Phi) is 2.93. The summed E-state index contributed by atoms with van der Waals surface area (Å²) in [5.41, 5.74) is 2.11. The minimum Gasteiger partial charge on any atom is -0.326 e. The second kappa shape index (κ2) is 4.81. The van der Waals surface area contributed by atoms with E-state index in [0.29, 0.717) is 0 Å². The van der Waals surface area contributed by atoms with Crippen LogP contribution in [-0.4, -0.2) is 24.0 Å². The normalized spacial score (nSPS) is 23.1. The average Bonchev–Trinajstić information content (AvgIpc) is 3.21. The molecule has 2 fully saturated rings. The zero-order chi connectivity index (χ0) is 14.3. The van der Waals surface area contributed by atoms with Crippen LogP contribution in [0.2, 0.25) is 0 Å². The molecule has 1 amide bonds. The molecule has 2 heterocycles. The molecule has 2 N–H and O–H groups in total. The Labute approximate surface area is 124 Å². The van der Waals surface area contributed by atoms with Crippen molar-refractivity contribution in [2.24, 2.45) is 11.3 Å². The minimum absolute atomic E-state index is 0.181. The third-order valence-corrected chi connectivity index (χ3v) is 4.98. The maximum Gasteiger partial charge on any atom is 0.228 e. The predicted octanol–water partition coefficient (Wildman–Crippen LogP) is 2.56. The maximum absolute atomic E-state index is 12.4. The number of carbonyl (C=O) groups is 1. The maximum atomic E-state index is 12.4. The van der Waals surface area contributed by atoms with E-state index < -0.39 is 0 Å². The summed E-state index contributed by atoms with van der Waals surface area (Å²) in [6.07, 6.45) is 5.10. The van der Waals surface area contributed by atoms with Crippen LogP contribution in [-0.2, 0) is 4.79 Å². The number of pyridine rings is 1. The molecule has 0 radical (unpaired) electrons. The first-order valence-electron chi connectivity index (χ1n) is 7.63. The highest BCUT2D eigenvalue weighted by atomic mass is 16.2. The monoisotopic (exact) mass is 281 g/mol. The molecule has 1 spiro atoms. The van der Waals surface area contributed by atoms with Crippen molar-refractivity contribution in [3.63, 3.8) is 0 Å². The number of amides is 1. The van der Waals surface area contributed by atoms with Gasteiger partial charge >= 0.3 is 0 Å². The van der Waals surface area contributed by atoms with Gasteiger partial charge < -0.3 is 10.6 Å². The lowest BCUT2D eigenvalue weighted by atomic mass is 9.92. The van der Waals surface area contributed by atoms with Gasteiger partial charge in [0.1, 0.15) is 0 Å². The first kappa shape index (κ1) is 12.8. The first-order valence-corrected chi connectivity index (χ1v) is 7.63. The molecule has 1 aromatic carbocycles. The first-order chi connectivity index (χ1) is 10.3. The van der Waals surface area contributed by atoms with E-state index in [1.807, 2.05) is 30.3 Å². The van der Waals surface area contributed by atoms with Crippen LogP contribution in [0.1, 0.15) is 19.3 Å². The fraction of sp³-hybridized carbons (Fsp3) is 0.412. The van der Waals surface area contributed by atoms with Crippen molar-refractivity contribution in [2.75, 3.05) is 18.4 Å². The summed E-state index contributed by atoms with van der Waals surface area (Å²) in [7, 11) is 0. The number of anilines is 1. The van der Waals surface area contributed by atoms with Crippen LogP contribution in [0.25, 0.3) is 10.9 Å². The minimum atomic E-state index is 0.181. The number of nitrogens with one attached hydrogen (secondary N) is 2. The average molecular weight is 281 g/mol. The van der Waals surface area contributed by atoms with E-state index in [0.717, 1.165) is 48.9 Å². The lowest BCUT2D eigenvalue weighted by Gasteiger charge is -2.23. The number of aromatic nitrogens is 1. The molecule has 1 saturated carbocycles. The SMILES string of the molecule is O=C(Nc1ccc2ncccc2c1)C1CC12CCNCC2. The number of hydrogen-bond acceptors (Lipinski definition) is 3. The highest BCUT2D eigenvalue weighted by molar-refractivity contribution is 5.97. The fourth-order valence-corrected chi connectivity index (χ4v) is 3.58. The molecule has 4 nitrogen and oxygen atoms in total. The smallest absolute Gasteiger partial charge is 0.228 e. The van der Waals surface area contributed by atoms with Gasteiger partial charge in [0, 0.05) is 23.2 Å². The molecular weight excluding hydrogens is 262 g/mol. The molecule has 0 bridgehead atoms. The zero-order valence-electron chi connectivity index (χ0n) is 11.9. The second-order valence-corrected chi connectivity index (χ2v) is 6.27. The zero-order valence-corrected chi connectivity index (χ0v) is 11.9. The van der Waals surface area contributed by atoms with Crippen LogP contribution >= 0.6 is 0 Å². The van der Waals surface area contributed by atoms with Gasteiger partial charge in [0.25, 0.3) is 0 Å². The van der Waals surface area contributed by atoms with E-state index in [1.54, 1.807) is 6.20 Å². The fourth-order valence-electron chi connectivity index (χ4n) is 3.58. The lowest BCUT2D eigenvalue weighted by molar-refractivity contribution is -0.118. The number of fused-ring (bicyclic) bond motifs is 1. The molecule has 1 aliphatic heterocycles. The van der Waals surface area contributed by atoms with Gasteiger partial charge in [-0.3, -0.25) is 9.78 Å². The molecule has 21 heavy (non-hydrogen) atoms. The largest absolute Gasteiger partial charge is 0.326 e. The standard InChI is InChI=1S/C17H19N3O/c21-16(14-11-17(14)5-8-18-9-6-17)20-13-3-4-15-12(10-13)2-1-7-19-15/h1-4,7,10,14,18H,5-6,8-9,11H2,(H,20,21). The van der Waals surface area contributed by atoms with Gasteiger partial charge in [0.2, 0.25) is 5.91 Å². The van der Waals surface area contributed by atoms with Gasteiger partial charge in [0.05, 0.1) is 5.52 Å². The lowest BCUT2D eigenvalue weighted by Crippen LogP contribution is -2.31. The Morgan fingerprint density at radius 3 is 3.00 bits per heavy atom. The van der Waals surface area contributed by atoms with Crippen molar-refractivity contribution < 1.29 is 4.79 Å². The Balaban J connectivity index is 1.49. The number of rotatable bonds is 2. The van der Waals surface area contributed by atoms with Crippen LogP contribution < -0.4 is 10.6 Å². The van der Waals surface area contributed by atoms with Gasteiger partial charge in [0.15, 0.2) is 0 Å². The summed E-state index contributed by atoms with van der Waals surface area (Å²) >= 11 is 0. The van der Waals surface area contributed by atoms with Crippen LogP contribution in [0.15, 0.2) is 36.5 Å². The third-order valence-electron chi connectivity index (χ3n) is 4.98. The number of nitrogens with zero attached hydrogens (tertiary/aromatic N) is 1. The molecule has 1 atom stereocenters. The van der Waals surface area contributed by atoms with E-state index >= 15 is 0 Å². The third kappa shape index (κ3) is 2.29. The highest BCUT2D eigenvalue weighted by Gasteiger charge is 2.57. The molecular formula is C17H19N3O. The van der Waals surface area contributed by atoms with Crippen LogP contribution in [0.4, 0.5) is 5.69 Å². The summed E-state index contributed by atoms with van der Waals surface area (Å²) in [5, 5.41) is 7.51. The molecule has 2 aliphatic rings. The number of piperidine rings is 1. The van der Waals surface area contributed by atoms with E-state index in [-0.39, 0.29) is 17.2 Å². The van der Waals surface area contributed by atoms with Crippen molar-refractivity contribution in [3.05, 3.63) is 36.5 Å². The molecule has 4 heteroatoms. The van der Waals surface area contributed by atoms with Crippen LogP contribution in [0.3, 0.4) is 0 Å².